The summed E-state index contributed by atoms with van der Waals surface area (Å²) in [5.41, 5.74) is 0.635. The molecule has 0 fully saturated rings. The summed E-state index contributed by atoms with van der Waals surface area (Å²) in [4.78, 5) is 11.6. The second-order valence-electron chi connectivity index (χ2n) is 3.82. The summed E-state index contributed by atoms with van der Waals surface area (Å²) in [7, 11) is 0. The summed E-state index contributed by atoms with van der Waals surface area (Å²) in [5.74, 6) is -0.533. The molecule has 6 heteroatoms. The lowest BCUT2D eigenvalue weighted by atomic mass is 10.2. The molecule has 0 aliphatic heterocycles. The smallest absolute Gasteiger partial charge is 0.328 e. The molecule has 1 N–H and O–H groups in total. The van der Waals surface area contributed by atoms with Crippen LogP contribution >= 0.6 is 38.9 Å². The number of benzene rings is 1. The number of carboxylic acid groups (broad SMARTS) is 1. The van der Waals surface area contributed by atoms with Gasteiger partial charge in [-0.2, -0.15) is 0 Å². The average Bonchev–Trinajstić information content (AvgIpc) is 2.81. The number of hydrogen-bond donors (Lipinski definition) is 1. The molecule has 1 aromatic carbocycles. The van der Waals surface area contributed by atoms with Gasteiger partial charge in [-0.05, 0) is 40.2 Å². The second kappa shape index (κ2) is 6.92. The molecule has 2 rings (SSSR count). The van der Waals surface area contributed by atoms with E-state index in [1.165, 1.54) is 6.08 Å². The van der Waals surface area contributed by atoms with Crippen molar-refractivity contribution in [1.29, 1.82) is 0 Å². The van der Waals surface area contributed by atoms with Crippen molar-refractivity contribution in [2.45, 2.75) is 6.61 Å². The maximum absolute atomic E-state index is 10.6. The Bertz CT molecular complexity index is 652. The van der Waals surface area contributed by atoms with Crippen molar-refractivity contribution in [3.8, 4) is 5.75 Å². The number of halogens is 2. The van der Waals surface area contributed by atoms with Crippen LogP contribution in [-0.2, 0) is 11.4 Å². The predicted molar refractivity (Wildman–Crippen MR) is 84.5 cm³/mol. The van der Waals surface area contributed by atoms with E-state index in [9.17, 15) is 4.79 Å². The highest BCUT2D eigenvalue weighted by atomic mass is 79.9. The van der Waals surface area contributed by atoms with Gasteiger partial charge in [-0.3, -0.25) is 0 Å². The van der Waals surface area contributed by atoms with Crippen LogP contribution < -0.4 is 4.74 Å². The predicted octanol–water partition coefficient (Wildman–Crippen LogP) is 4.84. The molecule has 0 atom stereocenters. The number of carbonyl (C=O) groups is 1. The summed E-state index contributed by atoms with van der Waals surface area (Å²) in [6.45, 7) is 0.383. The van der Waals surface area contributed by atoms with Crippen molar-refractivity contribution in [3.63, 3.8) is 0 Å². The van der Waals surface area contributed by atoms with Gasteiger partial charge in [0.2, 0.25) is 0 Å². The third kappa shape index (κ3) is 4.10. The lowest BCUT2D eigenvalue weighted by Gasteiger charge is -2.10. The standard InChI is InChI=1S/C14H10BrClO3S/c15-12-6-5-10(20-12)8-19-14-9(4-7-13(17)18)2-1-3-11(14)16/h1-7H,8H2,(H,17,18)/b7-4+. The first-order valence-electron chi connectivity index (χ1n) is 5.63. The third-order valence-corrected chi connectivity index (χ3v) is 4.29. The van der Waals surface area contributed by atoms with E-state index >= 15 is 0 Å². The van der Waals surface area contributed by atoms with Crippen molar-refractivity contribution in [2.24, 2.45) is 0 Å². The number of para-hydroxylation sites is 1. The van der Waals surface area contributed by atoms with Crippen LogP contribution in [0.15, 0.2) is 40.2 Å². The molecule has 0 unspecified atom stereocenters. The van der Waals surface area contributed by atoms with Crippen molar-refractivity contribution >= 4 is 50.9 Å². The number of thiophene rings is 1. The molecule has 104 valence electrons. The maximum atomic E-state index is 10.6. The molecule has 0 saturated heterocycles. The Morgan fingerprint density at radius 2 is 2.20 bits per heavy atom. The van der Waals surface area contributed by atoms with Gasteiger partial charge in [0, 0.05) is 16.5 Å². The minimum Gasteiger partial charge on any atom is -0.486 e. The van der Waals surface area contributed by atoms with E-state index < -0.39 is 5.97 Å². The van der Waals surface area contributed by atoms with Crippen molar-refractivity contribution in [2.75, 3.05) is 0 Å². The summed E-state index contributed by atoms with van der Waals surface area (Å²) in [6.07, 6.45) is 2.52. The van der Waals surface area contributed by atoms with E-state index in [0.717, 1.165) is 14.7 Å². The monoisotopic (exact) mass is 372 g/mol. The first kappa shape index (κ1) is 15.1. The van der Waals surface area contributed by atoms with Crippen LogP contribution in [0.2, 0.25) is 5.02 Å². The van der Waals surface area contributed by atoms with Gasteiger partial charge >= 0.3 is 5.97 Å². The van der Waals surface area contributed by atoms with Crippen LogP contribution in [0.4, 0.5) is 0 Å². The molecule has 0 bridgehead atoms. The van der Waals surface area contributed by atoms with Gasteiger partial charge in [-0.25, -0.2) is 4.79 Å². The van der Waals surface area contributed by atoms with Crippen LogP contribution in [0.3, 0.4) is 0 Å². The number of aliphatic carboxylic acids is 1. The van der Waals surface area contributed by atoms with Crippen LogP contribution in [-0.4, -0.2) is 11.1 Å². The molecule has 2 aromatic rings. The summed E-state index contributed by atoms with van der Waals surface area (Å²) in [6, 6.07) is 9.11. The number of carboxylic acids is 1. The highest BCUT2D eigenvalue weighted by Gasteiger charge is 2.08. The van der Waals surface area contributed by atoms with Gasteiger partial charge in [0.25, 0.3) is 0 Å². The fraction of sp³-hybridized carbons (Fsp3) is 0.0714. The Morgan fingerprint density at radius 1 is 1.40 bits per heavy atom. The van der Waals surface area contributed by atoms with Crippen LogP contribution in [0.5, 0.6) is 5.75 Å². The number of rotatable bonds is 5. The zero-order chi connectivity index (χ0) is 14.5. The van der Waals surface area contributed by atoms with Crippen LogP contribution in [0, 0.1) is 0 Å². The molecular weight excluding hydrogens is 364 g/mol. The van der Waals surface area contributed by atoms with E-state index in [1.807, 2.05) is 12.1 Å². The van der Waals surface area contributed by atoms with E-state index in [4.69, 9.17) is 21.4 Å². The molecule has 0 saturated carbocycles. The third-order valence-electron chi connectivity index (χ3n) is 2.39. The Morgan fingerprint density at radius 3 is 2.85 bits per heavy atom. The molecule has 0 radical (unpaired) electrons. The molecule has 0 aliphatic carbocycles. The minimum atomic E-state index is -1.02. The normalized spacial score (nSPS) is 10.9. The van der Waals surface area contributed by atoms with Gasteiger partial charge in [-0.1, -0.05) is 23.7 Å². The fourth-order valence-corrected chi connectivity index (χ4v) is 3.18. The molecule has 3 nitrogen and oxygen atoms in total. The molecule has 0 spiro atoms. The van der Waals surface area contributed by atoms with E-state index in [-0.39, 0.29) is 0 Å². The molecule has 0 amide bonds. The lowest BCUT2D eigenvalue weighted by molar-refractivity contribution is -0.131. The number of hydrogen-bond acceptors (Lipinski definition) is 3. The highest BCUT2D eigenvalue weighted by molar-refractivity contribution is 9.11. The van der Waals surface area contributed by atoms with Crippen molar-refractivity contribution in [3.05, 3.63) is 55.7 Å². The van der Waals surface area contributed by atoms with Gasteiger partial charge < -0.3 is 9.84 Å². The first-order chi connectivity index (χ1) is 9.56. The average molecular weight is 374 g/mol. The molecule has 0 aliphatic rings. The van der Waals surface area contributed by atoms with Gasteiger partial charge in [0.1, 0.15) is 12.4 Å². The minimum absolute atomic E-state index is 0.383. The SMILES string of the molecule is O=C(O)/C=C/c1cccc(Cl)c1OCc1ccc(Br)s1. The zero-order valence-corrected chi connectivity index (χ0v) is 13.3. The lowest BCUT2D eigenvalue weighted by Crippen LogP contribution is -1.96. The second-order valence-corrected chi connectivity index (χ2v) is 6.78. The quantitative estimate of drug-likeness (QED) is 0.763. The molecular formula is C14H10BrClO3S. The first-order valence-corrected chi connectivity index (χ1v) is 7.61. The highest BCUT2D eigenvalue weighted by Crippen LogP contribution is 2.31. The summed E-state index contributed by atoms with van der Waals surface area (Å²) < 4.78 is 6.74. The van der Waals surface area contributed by atoms with Gasteiger partial charge in [-0.15, -0.1) is 11.3 Å². The van der Waals surface area contributed by atoms with Gasteiger partial charge in [0.05, 0.1) is 8.81 Å². The number of ether oxygens (including phenoxy) is 1. The Hall–Kier alpha value is -1.30. The molecule has 1 heterocycles. The maximum Gasteiger partial charge on any atom is 0.328 e. The Kier molecular flexibility index (Phi) is 5.23. The van der Waals surface area contributed by atoms with Gasteiger partial charge in [0.15, 0.2) is 0 Å². The largest absolute Gasteiger partial charge is 0.486 e. The van der Waals surface area contributed by atoms with Crippen molar-refractivity contribution < 1.29 is 14.6 Å². The van der Waals surface area contributed by atoms with Crippen LogP contribution in [0.25, 0.3) is 6.08 Å². The van der Waals surface area contributed by atoms with Crippen molar-refractivity contribution in [1.82, 2.24) is 0 Å². The molecule has 1 aromatic heterocycles. The van der Waals surface area contributed by atoms with E-state index in [1.54, 1.807) is 29.5 Å². The summed E-state index contributed by atoms with van der Waals surface area (Å²) >= 11 is 11.1. The zero-order valence-electron chi connectivity index (χ0n) is 10.2. The Balaban J connectivity index is 2.19. The Labute approximate surface area is 133 Å². The van der Waals surface area contributed by atoms with E-state index in [0.29, 0.717) is 22.9 Å². The topological polar surface area (TPSA) is 46.5 Å². The fourth-order valence-electron chi connectivity index (χ4n) is 1.54. The van der Waals surface area contributed by atoms with E-state index in [2.05, 4.69) is 15.9 Å². The molecule has 20 heavy (non-hydrogen) atoms. The summed E-state index contributed by atoms with van der Waals surface area (Å²) in [5, 5.41) is 9.13. The van der Waals surface area contributed by atoms with Crippen LogP contribution in [0.1, 0.15) is 10.4 Å².